The summed E-state index contributed by atoms with van der Waals surface area (Å²) in [6.45, 7) is 4.57. The molecule has 0 saturated heterocycles. The standard InChI is InChI=1S/C12H18O/c1-12(2)6-4-3-5-9-7-10(13)8-11(9)12/h8-9H,3-7H2,1-2H3. The minimum absolute atomic E-state index is 0.285. The van der Waals surface area contributed by atoms with Gasteiger partial charge in [-0.1, -0.05) is 32.3 Å². The maximum atomic E-state index is 11.3. The highest BCUT2D eigenvalue weighted by molar-refractivity contribution is 5.93. The van der Waals surface area contributed by atoms with Crippen LogP contribution in [0.4, 0.5) is 0 Å². The van der Waals surface area contributed by atoms with E-state index in [0.717, 1.165) is 6.42 Å². The van der Waals surface area contributed by atoms with E-state index in [-0.39, 0.29) is 5.41 Å². The molecule has 1 fully saturated rings. The monoisotopic (exact) mass is 178 g/mol. The molecule has 0 aromatic heterocycles. The molecule has 1 atom stereocenters. The summed E-state index contributed by atoms with van der Waals surface area (Å²) in [5, 5.41) is 0. The van der Waals surface area contributed by atoms with Gasteiger partial charge >= 0.3 is 0 Å². The second-order valence-electron chi connectivity index (χ2n) is 5.10. The average Bonchev–Trinajstić information content (AvgIpc) is 2.36. The lowest BCUT2D eigenvalue weighted by atomic mass is 9.77. The van der Waals surface area contributed by atoms with Crippen LogP contribution in [-0.4, -0.2) is 5.78 Å². The summed E-state index contributed by atoms with van der Waals surface area (Å²) in [5.74, 6) is 0.944. The van der Waals surface area contributed by atoms with Crippen LogP contribution in [0.3, 0.4) is 0 Å². The van der Waals surface area contributed by atoms with Crippen LogP contribution in [0.2, 0.25) is 0 Å². The first-order valence-electron chi connectivity index (χ1n) is 5.34. The van der Waals surface area contributed by atoms with Gasteiger partial charge in [0.2, 0.25) is 0 Å². The summed E-state index contributed by atoms with van der Waals surface area (Å²) in [6, 6.07) is 0. The van der Waals surface area contributed by atoms with E-state index in [1.165, 1.54) is 31.3 Å². The largest absolute Gasteiger partial charge is 0.295 e. The maximum absolute atomic E-state index is 11.3. The Morgan fingerprint density at radius 2 is 2.15 bits per heavy atom. The topological polar surface area (TPSA) is 17.1 Å². The van der Waals surface area contributed by atoms with Crippen molar-refractivity contribution >= 4 is 5.78 Å². The van der Waals surface area contributed by atoms with Crippen LogP contribution in [0.5, 0.6) is 0 Å². The highest BCUT2D eigenvalue weighted by Crippen LogP contribution is 2.45. The third-order valence-corrected chi connectivity index (χ3v) is 3.59. The van der Waals surface area contributed by atoms with Crippen molar-refractivity contribution in [2.24, 2.45) is 11.3 Å². The molecule has 0 amide bonds. The predicted molar refractivity (Wildman–Crippen MR) is 53.4 cm³/mol. The van der Waals surface area contributed by atoms with Gasteiger partial charge in [-0.3, -0.25) is 4.79 Å². The van der Waals surface area contributed by atoms with E-state index in [4.69, 9.17) is 0 Å². The quantitative estimate of drug-likeness (QED) is 0.557. The van der Waals surface area contributed by atoms with Gasteiger partial charge in [-0.2, -0.15) is 0 Å². The molecular weight excluding hydrogens is 160 g/mol. The number of rotatable bonds is 0. The molecule has 0 N–H and O–H groups in total. The normalized spacial score (nSPS) is 32.3. The van der Waals surface area contributed by atoms with E-state index in [2.05, 4.69) is 13.8 Å². The van der Waals surface area contributed by atoms with Crippen molar-refractivity contribution < 1.29 is 4.79 Å². The lowest BCUT2D eigenvalue weighted by molar-refractivity contribution is -0.114. The molecular formula is C12H18O. The molecule has 0 aliphatic heterocycles. The van der Waals surface area contributed by atoms with Gasteiger partial charge in [0, 0.05) is 6.42 Å². The number of ketones is 1. The van der Waals surface area contributed by atoms with Gasteiger partial charge in [0.05, 0.1) is 0 Å². The van der Waals surface area contributed by atoms with Gasteiger partial charge in [-0.05, 0) is 30.3 Å². The van der Waals surface area contributed by atoms with Gasteiger partial charge < -0.3 is 0 Å². The zero-order valence-corrected chi connectivity index (χ0v) is 8.60. The van der Waals surface area contributed by atoms with Crippen LogP contribution in [0, 0.1) is 11.3 Å². The number of fused-ring (bicyclic) bond motifs is 1. The molecule has 2 aliphatic carbocycles. The highest BCUT2D eigenvalue weighted by atomic mass is 16.1. The third-order valence-electron chi connectivity index (χ3n) is 3.59. The van der Waals surface area contributed by atoms with Crippen molar-refractivity contribution in [3.63, 3.8) is 0 Å². The van der Waals surface area contributed by atoms with Gasteiger partial charge in [0.25, 0.3) is 0 Å². The first kappa shape index (κ1) is 8.98. The molecule has 0 aromatic rings. The summed E-state index contributed by atoms with van der Waals surface area (Å²) in [4.78, 5) is 11.3. The van der Waals surface area contributed by atoms with Gasteiger partial charge in [0.1, 0.15) is 0 Å². The summed E-state index contributed by atoms with van der Waals surface area (Å²) < 4.78 is 0. The Morgan fingerprint density at radius 3 is 2.92 bits per heavy atom. The fraction of sp³-hybridized carbons (Fsp3) is 0.750. The molecule has 1 saturated carbocycles. The number of hydrogen-bond acceptors (Lipinski definition) is 1. The molecule has 0 spiro atoms. The second kappa shape index (κ2) is 2.97. The summed E-state index contributed by atoms with van der Waals surface area (Å²) in [5.41, 5.74) is 1.72. The van der Waals surface area contributed by atoms with Crippen molar-refractivity contribution in [3.05, 3.63) is 11.6 Å². The van der Waals surface area contributed by atoms with Gasteiger partial charge in [-0.25, -0.2) is 0 Å². The first-order chi connectivity index (χ1) is 6.09. The third kappa shape index (κ3) is 1.56. The highest BCUT2D eigenvalue weighted by Gasteiger charge is 2.36. The van der Waals surface area contributed by atoms with E-state index >= 15 is 0 Å². The molecule has 0 heterocycles. The van der Waals surface area contributed by atoms with Crippen LogP contribution in [0.1, 0.15) is 46.0 Å². The predicted octanol–water partition coefficient (Wildman–Crippen LogP) is 3.10. The van der Waals surface area contributed by atoms with Crippen molar-refractivity contribution in [3.8, 4) is 0 Å². The maximum Gasteiger partial charge on any atom is 0.156 e. The van der Waals surface area contributed by atoms with Crippen molar-refractivity contribution in [1.29, 1.82) is 0 Å². The molecule has 72 valence electrons. The van der Waals surface area contributed by atoms with Gasteiger partial charge in [-0.15, -0.1) is 0 Å². The smallest absolute Gasteiger partial charge is 0.156 e. The first-order valence-corrected chi connectivity index (χ1v) is 5.34. The van der Waals surface area contributed by atoms with E-state index in [1.807, 2.05) is 6.08 Å². The minimum atomic E-state index is 0.285. The average molecular weight is 178 g/mol. The SMILES string of the molecule is CC1(C)CCCCC2CC(=O)C=C21. The van der Waals surface area contributed by atoms with E-state index < -0.39 is 0 Å². The molecule has 0 radical (unpaired) electrons. The Balaban J connectivity index is 2.31. The molecule has 1 unspecified atom stereocenters. The Kier molecular flexibility index (Phi) is 2.05. The number of carbonyl (C=O) groups excluding carboxylic acids is 1. The fourth-order valence-corrected chi connectivity index (χ4v) is 2.81. The Hall–Kier alpha value is -0.590. The number of hydrogen-bond donors (Lipinski definition) is 0. The Morgan fingerprint density at radius 1 is 1.38 bits per heavy atom. The zero-order valence-electron chi connectivity index (χ0n) is 8.60. The Bertz CT molecular complexity index is 260. The molecule has 0 aromatic carbocycles. The van der Waals surface area contributed by atoms with Crippen LogP contribution < -0.4 is 0 Å². The summed E-state index contributed by atoms with van der Waals surface area (Å²) in [6.07, 6.45) is 7.84. The van der Waals surface area contributed by atoms with Crippen molar-refractivity contribution in [1.82, 2.24) is 0 Å². The van der Waals surface area contributed by atoms with E-state index in [1.54, 1.807) is 0 Å². The molecule has 2 rings (SSSR count). The van der Waals surface area contributed by atoms with Crippen molar-refractivity contribution in [2.45, 2.75) is 46.0 Å². The molecule has 13 heavy (non-hydrogen) atoms. The summed E-state index contributed by atoms with van der Waals surface area (Å²) in [7, 11) is 0. The van der Waals surface area contributed by atoms with E-state index in [0.29, 0.717) is 11.7 Å². The zero-order chi connectivity index (χ0) is 9.47. The lowest BCUT2D eigenvalue weighted by Gasteiger charge is -2.27. The van der Waals surface area contributed by atoms with Crippen molar-refractivity contribution in [2.75, 3.05) is 0 Å². The number of carbonyl (C=O) groups is 1. The van der Waals surface area contributed by atoms with E-state index in [9.17, 15) is 4.79 Å². The molecule has 1 heteroatoms. The molecule has 1 nitrogen and oxygen atoms in total. The van der Waals surface area contributed by atoms with Crippen LogP contribution in [-0.2, 0) is 4.79 Å². The Labute approximate surface area is 80.2 Å². The van der Waals surface area contributed by atoms with Gasteiger partial charge in [0.15, 0.2) is 5.78 Å². The minimum Gasteiger partial charge on any atom is -0.295 e. The van der Waals surface area contributed by atoms with Crippen LogP contribution in [0.25, 0.3) is 0 Å². The fourth-order valence-electron chi connectivity index (χ4n) is 2.81. The van der Waals surface area contributed by atoms with Crippen LogP contribution >= 0.6 is 0 Å². The second-order valence-corrected chi connectivity index (χ2v) is 5.10. The lowest BCUT2D eigenvalue weighted by Crippen LogP contribution is -2.16. The molecule has 0 bridgehead atoms. The molecule has 2 aliphatic rings. The summed E-state index contributed by atoms with van der Waals surface area (Å²) >= 11 is 0. The van der Waals surface area contributed by atoms with Crippen LogP contribution in [0.15, 0.2) is 11.6 Å². The number of allylic oxidation sites excluding steroid dienone is 2.